The van der Waals surface area contributed by atoms with Crippen LogP contribution in [0, 0.1) is 0 Å². The van der Waals surface area contributed by atoms with Crippen LogP contribution >= 0.6 is 0 Å². The molecule has 0 spiro atoms. The van der Waals surface area contributed by atoms with Gasteiger partial charge in [0, 0.05) is 67.0 Å². The van der Waals surface area contributed by atoms with Crippen LogP contribution in [0.1, 0.15) is 77.3 Å². The van der Waals surface area contributed by atoms with E-state index < -0.39 is 25.6 Å². The van der Waals surface area contributed by atoms with Gasteiger partial charge in [0.05, 0.1) is 16.1 Å². The highest BCUT2D eigenvalue weighted by molar-refractivity contribution is 7.89. The van der Waals surface area contributed by atoms with Crippen LogP contribution in [0.15, 0.2) is 83.4 Å². The molecule has 14 heteroatoms. The van der Waals surface area contributed by atoms with Crippen LogP contribution in [0.2, 0.25) is 0 Å². The Morgan fingerprint density at radius 3 is 2.35 bits per heavy atom. The maximum atomic E-state index is 12.8. The van der Waals surface area contributed by atoms with Gasteiger partial charge in [-0.1, -0.05) is 50.3 Å². The van der Waals surface area contributed by atoms with E-state index in [4.69, 9.17) is 5.14 Å². The fourth-order valence-electron chi connectivity index (χ4n) is 6.98. The number of hydrogen-bond donors (Lipinski definition) is 4. The lowest BCUT2D eigenvalue weighted by molar-refractivity contribution is -0.438. The summed E-state index contributed by atoms with van der Waals surface area (Å²) in [6.45, 7) is 10.5. The lowest BCUT2D eigenvalue weighted by atomic mass is 9.81. The van der Waals surface area contributed by atoms with E-state index in [0.717, 1.165) is 47.6 Å². The highest BCUT2D eigenvalue weighted by atomic mass is 32.2. The standard InChI is InChI=1S/C38H51N5O7S2/c1-37(2)30-15-9-10-16-32(30)42(24-13-14-26-51(46,47)48)34(37)17-7-5-8-18-35-38(3,4)31-27-29(52(39,49)50)19-20-33(31)43(35)25-21-36(45)41-23-12-6-11-22-40-28-44/h5,7-10,15-20,27-28H,6,11-14,21-26H2,1-4H3,(H4-,39,40,41,44,45,46,47,48,49,50)/p+1. The van der Waals surface area contributed by atoms with Gasteiger partial charge in [-0.3, -0.25) is 14.1 Å². The number of primary sulfonamides is 1. The summed E-state index contributed by atoms with van der Waals surface area (Å²) in [5.74, 6) is -0.363. The van der Waals surface area contributed by atoms with E-state index in [1.54, 1.807) is 12.1 Å². The average Bonchev–Trinajstić information content (AvgIpc) is 3.42. The summed E-state index contributed by atoms with van der Waals surface area (Å²) in [7, 11) is -7.95. The second-order valence-electron chi connectivity index (χ2n) is 14.2. The van der Waals surface area contributed by atoms with Crippen molar-refractivity contribution >= 4 is 49.5 Å². The van der Waals surface area contributed by atoms with E-state index in [1.165, 1.54) is 11.6 Å². The predicted molar refractivity (Wildman–Crippen MR) is 205 cm³/mol. The zero-order valence-electron chi connectivity index (χ0n) is 30.5. The van der Waals surface area contributed by atoms with Crippen molar-refractivity contribution in [3.05, 3.63) is 89.7 Å². The Labute approximate surface area is 308 Å². The topological polar surface area (TPSA) is 179 Å². The first-order chi connectivity index (χ1) is 24.5. The number of para-hydroxylation sites is 1. The summed E-state index contributed by atoms with van der Waals surface area (Å²) in [4.78, 5) is 25.3. The molecule has 0 unspecified atom stereocenters. The molecule has 2 aliphatic heterocycles. The third-order valence-corrected chi connectivity index (χ3v) is 11.4. The fraction of sp³-hybridized carbons (Fsp3) is 0.447. The van der Waals surface area contributed by atoms with E-state index >= 15 is 0 Å². The number of nitrogens with zero attached hydrogens (tertiary/aromatic N) is 2. The molecule has 5 N–H and O–H groups in total. The number of sulfonamides is 1. The van der Waals surface area contributed by atoms with E-state index in [1.807, 2.05) is 50.3 Å². The average molecular weight is 755 g/mol. The smallest absolute Gasteiger partial charge is 0.264 e. The second kappa shape index (κ2) is 17.1. The first-order valence-corrected chi connectivity index (χ1v) is 20.8. The number of carbonyl (C=O) groups is 2. The number of benzene rings is 2. The van der Waals surface area contributed by atoms with E-state index in [-0.39, 0.29) is 28.4 Å². The predicted octanol–water partition coefficient (Wildman–Crippen LogP) is 4.59. The summed E-state index contributed by atoms with van der Waals surface area (Å²) in [5, 5.41) is 11.1. The molecule has 4 rings (SSSR count). The van der Waals surface area contributed by atoms with Crippen molar-refractivity contribution in [1.82, 2.24) is 10.6 Å². The zero-order valence-corrected chi connectivity index (χ0v) is 32.1. The molecule has 2 heterocycles. The van der Waals surface area contributed by atoms with Crippen LogP contribution in [0.5, 0.6) is 0 Å². The Bertz CT molecular complexity index is 1980. The van der Waals surface area contributed by atoms with Gasteiger partial charge in [0.1, 0.15) is 6.54 Å². The zero-order chi connectivity index (χ0) is 38.2. The molecule has 0 saturated carbocycles. The van der Waals surface area contributed by atoms with Gasteiger partial charge in [0.25, 0.3) is 10.1 Å². The van der Waals surface area contributed by atoms with Crippen molar-refractivity contribution in [3.63, 3.8) is 0 Å². The number of anilines is 1. The van der Waals surface area contributed by atoms with Gasteiger partial charge in [0.15, 0.2) is 5.71 Å². The van der Waals surface area contributed by atoms with E-state index in [9.17, 15) is 31.0 Å². The van der Waals surface area contributed by atoms with Crippen LogP contribution < -0.4 is 20.7 Å². The molecule has 2 aromatic carbocycles. The van der Waals surface area contributed by atoms with Gasteiger partial charge in [0.2, 0.25) is 28.0 Å². The van der Waals surface area contributed by atoms with Crippen molar-refractivity contribution < 1.29 is 35.6 Å². The molecule has 0 bridgehead atoms. The molecule has 282 valence electrons. The van der Waals surface area contributed by atoms with Gasteiger partial charge >= 0.3 is 0 Å². The molecule has 12 nitrogen and oxygen atoms in total. The molecule has 0 fully saturated rings. The molecule has 0 atom stereocenters. The van der Waals surface area contributed by atoms with Crippen molar-refractivity contribution in [2.45, 2.75) is 81.9 Å². The SMILES string of the molecule is CC1(C)C(/C=C/C=C/C=C2\N(CCC(=O)NCCCCCNC=O)c3ccc(S(N)(=O)=O)cc3C2(C)C)=[N+](CCCCS(=O)(=O)O)c2ccccc21. The van der Waals surface area contributed by atoms with Crippen LogP contribution in [0.25, 0.3) is 0 Å². The lowest BCUT2D eigenvalue weighted by Crippen LogP contribution is -2.32. The summed E-state index contributed by atoms with van der Waals surface area (Å²) in [6.07, 6.45) is 14.2. The summed E-state index contributed by atoms with van der Waals surface area (Å²) in [5.41, 5.74) is 4.91. The highest BCUT2D eigenvalue weighted by Gasteiger charge is 2.44. The van der Waals surface area contributed by atoms with Crippen LogP contribution in [0.4, 0.5) is 11.4 Å². The van der Waals surface area contributed by atoms with E-state index in [0.29, 0.717) is 45.4 Å². The van der Waals surface area contributed by atoms with Gasteiger partial charge in [-0.25, -0.2) is 13.6 Å². The maximum Gasteiger partial charge on any atom is 0.264 e. The van der Waals surface area contributed by atoms with Crippen LogP contribution in [-0.2, 0) is 40.6 Å². The summed E-state index contributed by atoms with van der Waals surface area (Å²) in [6, 6.07) is 13.0. The number of allylic oxidation sites excluding steroid dienone is 6. The van der Waals surface area contributed by atoms with Crippen LogP contribution in [0.3, 0.4) is 0 Å². The van der Waals surface area contributed by atoms with Gasteiger partial charge in [-0.15, -0.1) is 0 Å². The van der Waals surface area contributed by atoms with Gasteiger partial charge in [-0.05, 0) is 69.4 Å². The molecule has 2 aliphatic rings. The third kappa shape index (κ3) is 10.1. The molecule has 0 saturated heterocycles. The second-order valence-corrected chi connectivity index (χ2v) is 17.3. The number of hydrogen-bond acceptors (Lipinski definition) is 7. The number of unbranched alkanes of at least 4 members (excludes halogenated alkanes) is 3. The molecule has 0 aromatic heterocycles. The van der Waals surface area contributed by atoms with Crippen molar-refractivity contribution in [2.75, 3.05) is 36.8 Å². The maximum absolute atomic E-state index is 12.8. The molecule has 2 amide bonds. The molecule has 52 heavy (non-hydrogen) atoms. The largest absolute Gasteiger partial charge is 0.359 e. The molecular formula is C38H52N5O7S2+. The van der Waals surface area contributed by atoms with Crippen molar-refractivity contribution in [1.29, 1.82) is 0 Å². The number of nitrogens with one attached hydrogen (secondary N) is 2. The summed E-state index contributed by atoms with van der Waals surface area (Å²) < 4.78 is 58.4. The molecule has 2 aromatic rings. The first-order valence-electron chi connectivity index (χ1n) is 17.6. The Morgan fingerprint density at radius 2 is 1.63 bits per heavy atom. The number of fused-ring (bicyclic) bond motifs is 2. The Kier molecular flexibility index (Phi) is 13.4. The van der Waals surface area contributed by atoms with Gasteiger partial charge < -0.3 is 15.5 Å². The highest BCUT2D eigenvalue weighted by Crippen LogP contribution is 2.48. The Morgan fingerprint density at radius 1 is 0.904 bits per heavy atom. The first kappa shape index (κ1) is 40.7. The fourth-order valence-corrected chi connectivity index (χ4v) is 8.09. The molecule has 0 aliphatic carbocycles. The Hall–Kier alpha value is -4.11. The minimum atomic E-state index is -4.02. The van der Waals surface area contributed by atoms with E-state index in [2.05, 4.69) is 52.2 Å². The number of nitrogens with two attached hydrogens (primary N) is 1. The van der Waals surface area contributed by atoms with Crippen LogP contribution in [-0.4, -0.2) is 75.9 Å². The minimum absolute atomic E-state index is 0.0276. The lowest BCUT2D eigenvalue weighted by Gasteiger charge is -2.27. The van der Waals surface area contributed by atoms with Crippen molar-refractivity contribution in [3.8, 4) is 0 Å². The minimum Gasteiger partial charge on any atom is -0.359 e. The summed E-state index contributed by atoms with van der Waals surface area (Å²) >= 11 is 0. The normalized spacial score (nSPS) is 17.3. The number of amides is 2. The number of carbonyl (C=O) groups excluding carboxylic acids is 2. The van der Waals surface area contributed by atoms with Crippen molar-refractivity contribution in [2.24, 2.45) is 5.14 Å². The molecule has 0 radical (unpaired) electrons. The number of rotatable bonds is 19. The quantitative estimate of drug-likeness (QED) is 0.0529. The van der Waals surface area contributed by atoms with Gasteiger partial charge in [-0.2, -0.15) is 13.0 Å². The Balaban J connectivity index is 1.56. The third-order valence-electron chi connectivity index (χ3n) is 9.72. The monoisotopic (exact) mass is 754 g/mol. The molecular weight excluding hydrogens is 703 g/mol.